The molecule has 0 spiro atoms. The van der Waals surface area contributed by atoms with Gasteiger partial charge in [-0.25, -0.2) is 4.98 Å². The van der Waals surface area contributed by atoms with Gasteiger partial charge in [0.25, 0.3) is 0 Å². The highest BCUT2D eigenvalue weighted by atomic mass is 35.5. The van der Waals surface area contributed by atoms with Gasteiger partial charge in [-0.2, -0.15) is 0 Å². The Morgan fingerprint density at radius 2 is 2.22 bits per heavy atom. The predicted molar refractivity (Wildman–Crippen MR) is 114 cm³/mol. The third-order valence-electron chi connectivity index (χ3n) is 5.48. The Morgan fingerprint density at radius 1 is 1.33 bits per heavy atom. The van der Waals surface area contributed by atoms with E-state index in [1.54, 1.807) is 6.20 Å². The van der Waals surface area contributed by atoms with E-state index in [1.807, 2.05) is 19.2 Å². The highest BCUT2D eigenvalue weighted by molar-refractivity contribution is 6.32. The maximum absolute atomic E-state index is 6.28. The molecule has 2 atom stereocenters. The fourth-order valence-electron chi connectivity index (χ4n) is 4.07. The van der Waals surface area contributed by atoms with Crippen LogP contribution < -0.4 is 15.5 Å². The summed E-state index contributed by atoms with van der Waals surface area (Å²) < 4.78 is 0. The van der Waals surface area contributed by atoms with E-state index >= 15 is 0 Å². The van der Waals surface area contributed by atoms with E-state index in [0.717, 1.165) is 50.2 Å². The number of aliphatic imine (C=N–C) groups is 1. The molecule has 2 N–H and O–H groups in total. The van der Waals surface area contributed by atoms with Crippen molar-refractivity contribution in [3.63, 3.8) is 0 Å². The molecular formula is C20H33ClN6. The molecule has 0 bridgehead atoms. The quantitative estimate of drug-likeness (QED) is 0.442. The molecule has 6 nitrogen and oxygen atoms in total. The van der Waals surface area contributed by atoms with Crippen molar-refractivity contribution in [1.82, 2.24) is 20.5 Å². The van der Waals surface area contributed by atoms with Gasteiger partial charge in [0.05, 0.1) is 5.02 Å². The van der Waals surface area contributed by atoms with Crippen LogP contribution in [-0.4, -0.2) is 68.2 Å². The molecule has 3 heterocycles. The second-order valence-corrected chi connectivity index (χ2v) is 8.19. The lowest BCUT2D eigenvalue weighted by Gasteiger charge is -2.30. The van der Waals surface area contributed by atoms with Crippen LogP contribution in [0.15, 0.2) is 23.3 Å². The Hall–Kier alpha value is -1.53. The lowest BCUT2D eigenvalue weighted by molar-refractivity contribution is 0.182. The number of pyridine rings is 1. The molecule has 0 saturated carbocycles. The SMILES string of the molecule is CN=C(NCCCN1CCCC(C)C1)NC1CCN(c2ncccc2Cl)C1. The molecular weight excluding hydrogens is 360 g/mol. The average Bonchev–Trinajstić information content (AvgIpc) is 3.13. The van der Waals surface area contributed by atoms with Gasteiger partial charge in [-0.3, -0.25) is 4.99 Å². The lowest BCUT2D eigenvalue weighted by Crippen LogP contribution is -2.45. The molecule has 2 unspecified atom stereocenters. The maximum atomic E-state index is 6.28. The summed E-state index contributed by atoms with van der Waals surface area (Å²) in [5.41, 5.74) is 0. The molecule has 2 aliphatic heterocycles. The molecule has 0 aliphatic carbocycles. The zero-order valence-corrected chi connectivity index (χ0v) is 17.4. The van der Waals surface area contributed by atoms with E-state index in [4.69, 9.17) is 11.6 Å². The lowest BCUT2D eigenvalue weighted by atomic mass is 10.0. The number of piperidine rings is 1. The number of rotatable bonds is 6. The second-order valence-electron chi connectivity index (χ2n) is 7.79. The number of anilines is 1. The number of halogens is 1. The summed E-state index contributed by atoms with van der Waals surface area (Å²) in [5.74, 6) is 2.61. The predicted octanol–water partition coefficient (Wildman–Crippen LogP) is 2.60. The van der Waals surface area contributed by atoms with Crippen molar-refractivity contribution in [2.75, 3.05) is 51.2 Å². The third-order valence-corrected chi connectivity index (χ3v) is 5.77. The second kappa shape index (κ2) is 10.1. The Kier molecular flexibility index (Phi) is 7.59. The van der Waals surface area contributed by atoms with Gasteiger partial charge in [0.1, 0.15) is 5.82 Å². The van der Waals surface area contributed by atoms with Gasteiger partial charge in [0.15, 0.2) is 5.96 Å². The van der Waals surface area contributed by atoms with Crippen LogP contribution in [0.1, 0.15) is 32.6 Å². The molecule has 150 valence electrons. The Bertz CT molecular complexity index is 622. The highest BCUT2D eigenvalue weighted by Gasteiger charge is 2.25. The highest BCUT2D eigenvalue weighted by Crippen LogP contribution is 2.25. The molecule has 2 saturated heterocycles. The summed E-state index contributed by atoms with van der Waals surface area (Å²) in [6.07, 6.45) is 6.72. The molecule has 0 aromatic carbocycles. The summed E-state index contributed by atoms with van der Waals surface area (Å²) in [4.78, 5) is 13.6. The zero-order valence-electron chi connectivity index (χ0n) is 16.6. The van der Waals surface area contributed by atoms with Crippen LogP contribution in [0.3, 0.4) is 0 Å². The number of nitrogens with one attached hydrogen (secondary N) is 2. The van der Waals surface area contributed by atoms with Crippen LogP contribution in [0.2, 0.25) is 5.02 Å². The molecule has 27 heavy (non-hydrogen) atoms. The number of hydrogen-bond acceptors (Lipinski definition) is 4. The minimum absolute atomic E-state index is 0.359. The fourth-order valence-corrected chi connectivity index (χ4v) is 4.31. The minimum Gasteiger partial charge on any atom is -0.356 e. The Labute approximate surface area is 168 Å². The largest absolute Gasteiger partial charge is 0.356 e. The summed E-state index contributed by atoms with van der Waals surface area (Å²) in [7, 11) is 1.84. The summed E-state index contributed by atoms with van der Waals surface area (Å²) in [5, 5.41) is 7.72. The van der Waals surface area contributed by atoms with Crippen molar-refractivity contribution in [2.45, 2.75) is 38.6 Å². The van der Waals surface area contributed by atoms with Gasteiger partial charge in [0.2, 0.25) is 0 Å². The van der Waals surface area contributed by atoms with E-state index < -0.39 is 0 Å². The maximum Gasteiger partial charge on any atom is 0.191 e. The van der Waals surface area contributed by atoms with Crippen LogP contribution in [0.4, 0.5) is 5.82 Å². The Balaban J connectivity index is 1.37. The van der Waals surface area contributed by atoms with E-state index in [2.05, 4.69) is 37.3 Å². The van der Waals surface area contributed by atoms with Crippen molar-refractivity contribution < 1.29 is 0 Å². The summed E-state index contributed by atoms with van der Waals surface area (Å²) >= 11 is 6.28. The topological polar surface area (TPSA) is 55.8 Å². The smallest absolute Gasteiger partial charge is 0.191 e. The summed E-state index contributed by atoms with van der Waals surface area (Å²) in [6, 6.07) is 4.12. The molecule has 1 aromatic heterocycles. The van der Waals surface area contributed by atoms with Crippen LogP contribution in [-0.2, 0) is 0 Å². The van der Waals surface area contributed by atoms with Crippen LogP contribution >= 0.6 is 11.6 Å². The van der Waals surface area contributed by atoms with Crippen molar-refractivity contribution >= 4 is 23.4 Å². The number of hydrogen-bond donors (Lipinski definition) is 2. The van der Waals surface area contributed by atoms with E-state index in [0.29, 0.717) is 11.1 Å². The normalized spacial score (nSPS) is 24.3. The monoisotopic (exact) mass is 392 g/mol. The van der Waals surface area contributed by atoms with E-state index in [-0.39, 0.29) is 0 Å². The first kappa shape index (κ1) is 20.2. The first-order chi connectivity index (χ1) is 13.2. The third kappa shape index (κ3) is 5.98. The molecule has 0 radical (unpaired) electrons. The van der Waals surface area contributed by atoms with Gasteiger partial charge >= 0.3 is 0 Å². The summed E-state index contributed by atoms with van der Waals surface area (Å²) in [6.45, 7) is 8.84. The first-order valence-corrected chi connectivity index (χ1v) is 10.6. The van der Waals surface area contributed by atoms with Crippen molar-refractivity contribution in [3.8, 4) is 0 Å². The van der Waals surface area contributed by atoms with Crippen LogP contribution in [0.25, 0.3) is 0 Å². The molecule has 2 aliphatic rings. The number of guanidine groups is 1. The molecule has 0 amide bonds. The van der Waals surface area contributed by atoms with Gasteiger partial charge in [0, 0.05) is 45.5 Å². The first-order valence-electron chi connectivity index (χ1n) is 10.2. The molecule has 3 rings (SSSR count). The zero-order chi connectivity index (χ0) is 19.1. The van der Waals surface area contributed by atoms with Crippen molar-refractivity contribution in [2.24, 2.45) is 10.9 Å². The Morgan fingerprint density at radius 3 is 3.00 bits per heavy atom. The minimum atomic E-state index is 0.359. The molecule has 1 aromatic rings. The number of likely N-dealkylation sites (tertiary alicyclic amines) is 1. The van der Waals surface area contributed by atoms with Crippen LogP contribution in [0, 0.1) is 5.92 Å². The van der Waals surface area contributed by atoms with Crippen LogP contribution in [0.5, 0.6) is 0 Å². The molecule has 7 heteroatoms. The van der Waals surface area contributed by atoms with Gasteiger partial charge in [-0.1, -0.05) is 18.5 Å². The number of aromatic nitrogens is 1. The average molecular weight is 393 g/mol. The fraction of sp³-hybridized carbons (Fsp3) is 0.700. The van der Waals surface area contributed by atoms with Gasteiger partial charge < -0.3 is 20.4 Å². The van der Waals surface area contributed by atoms with Crippen molar-refractivity contribution in [1.29, 1.82) is 0 Å². The van der Waals surface area contributed by atoms with Gasteiger partial charge in [-0.15, -0.1) is 0 Å². The van der Waals surface area contributed by atoms with E-state index in [1.165, 1.54) is 32.5 Å². The number of nitrogens with zero attached hydrogens (tertiary/aromatic N) is 4. The molecule has 2 fully saturated rings. The van der Waals surface area contributed by atoms with Gasteiger partial charge in [-0.05, 0) is 56.8 Å². The van der Waals surface area contributed by atoms with E-state index in [9.17, 15) is 0 Å². The standard InChI is InChI=1S/C20H33ClN6/c1-16-6-4-11-26(14-16)12-5-10-24-20(22-2)25-17-8-13-27(15-17)19-18(21)7-3-9-23-19/h3,7,9,16-17H,4-6,8,10-15H2,1-2H3,(H2,22,24,25). The van der Waals surface area contributed by atoms with Crippen molar-refractivity contribution in [3.05, 3.63) is 23.4 Å².